The number of rotatable bonds is 7. The Morgan fingerprint density at radius 2 is 1.90 bits per heavy atom. The first-order chi connectivity index (χ1) is 14.8. The van der Waals surface area contributed by atoms with Gasteiger partial charge in [0.25, 0.3) is 11.5 Å². The largest absolute Gasteiger partial charge is 0.496 e. The lowest BCUT2D eigenvalue weighted by atomic mass is 10.0. The van der Waals surface area contributed by atoms with Crippen molar-refractivity contribution in [3.05, 3.63) is 75.8 Å². The van der Waals surface area contributed by atoms with Gasteiger partial charge in [-0.1, -0.05) is 32.0 Å². The SMILES string of the molecule is COc1ccccc1C(=O)N[C@H](C(=O)OCc1cc(=O)n2cccc(C)c2n1)C(C)C. The number of pyridine rings is 1. The van der Waals surface area contributed by atoms with Crippen molar-refractivity contribution in [3.63, 3.8) is 0 Å². The molecule has 1 amide bonds. The van der Waals surface area contributed by atoms with Crippen LogP contribution in [0.5, 0.6) is 5.75 Å². The van der Waals surface area contributed by atoms with Crippen LogP contribution in [0.1, 0.15) is 35.5 Å². The number of aromatic nitrogens is 2. The topological polar surface area (TPSA) is 99.0 Å². The molecule has 0 bridgehead atoms. The summed E-state index contributed by atoms with van der Waals surface area (Å²) >= 11 is 0. The molecule has 8 heteroatoms. The number of hydrogen-bond acceptors (Lipinski definition) is 6. The number of benzene rings is 1. The lowest BCUT2D eigenvalue weighted by Gasteiger charge is -2.21. The highest BCUT2D eigenvalue weighted by Gasteiger charge is 2.27. The molecule has 0 fully saturated rings. The molecule has 0 aliphatic carbocycles. The van der Waals surface area contributed by atoms with Crippen molar-refractivity contribution in [2.45, 2.75) is 33.4 Å². The Morgan fingerprint density at radius 3 is 2.61 bits per heavy atom. The van der Waals surface area contributed by atoms with Gasteiger partial charge in [0.1, 0.15) is 24.0 Å². The van der Waals surface area contributed by atoms with E-state index >= 15 is 0 Å². The molecule has 0 saturated carbocycles. The first-order valence-electron chi connectivity index (χ1n) is 9.90. The molecule has 0 radical (unpaired) electrons. The third-order valence-electron chi connectivity index (χ3n) is 4.86. The normalized spacial score (nSPS) is 11.9. The van der Waals surface area contributed by atoms with Gasteiger partial charge in [0, 0.05) is 12.3 Å². The Kier molecular flexibility index (Phi) is 6.69. The van der Waals surface area contributed by atoms with Crippen LogP contribution in [-0.2, 0) is 16.1 Å². The summed E-state index contributed by atoms with van der Waals surface area (Å²) in [6, 6.07) is 10.8. The number of methoxy groups -OCH3 is 1. The van der Waals surface area contributed by atoms with Crippen molar-refractivity contribution in [3.8, 4) is 5.75 Å². The van der Waals surface area contributed by atoms with Gasteiger partial charge in [0.15, 0.2) is 0 Å². The van der Waals surface area contributed by atoms with Crippen molar-refractivity contribution < 1.29 is 19.1 Å². The number of amides is 1. The summed E-state index contributed by atoms with van der Waals surface area (Å²) in [5, 5.41) is 2.71. The number of carbonyl (C=O) groups excluding carboxylic acids is 2. The highest BCUT2D eigenvalue weighted by molar-refractivity contribution is 5.99. The van der Waals surface area contributed by atoms with Crippen LogP contribution in [0.15, 0.2) is 53.5 Å². The van der Waals surface area contributed by atoms with Crippen molar-refractivity contribution >= 4 is 17.5 Å². The van der Waals surface area contributed by atoms with E-state index in [4.69, 9.17) is 9.47 Å². The molecule has 0 unspecified atom stereocenters. The van der Waals surface area contributed by atoms with Gasteiger partial charge in [-0.25, -0.2) is 9.78 Å². The Morgan fingerprint density at radius 1 is 1.16 bits per heavy atom. The fourth-order valence-corrected chi connectivity index (χ4v) is 3.17. The fourth-order valence-electron chi connectivity index (χ4n) is 3.17. The van der Waals surface area contributed by atoms with E-state index in [-0.39, 0.29) is 18.1 Å². The van der Waals surface area contributed by atoms with Crippen molar-refractivity contribution in [1.82, 2.24) is 14.7 Å². The average Bonchev–Trinajstić information content (AvgIpc) is 2.76. The minimum Gasteiger partial charge on any atom is -0.496 e. The van der Waals surface area contributed by atoms with Gasteiger partial charge >= 0.3 is 5.97 Å². The molecule has 0 aliphatic heterocycles. The van der Waals surface area contributed by atoms with Crippen LogP contribution >= 0.6 is 0 Å². The maximum absolute atomic E-state index is 12.7. The molecule has 1 atom stereocenters. The number of esters is 1. The van der Waals surface area contributed by atoms with E-state index < -0.39 is 17.9 Å². The highest BCUT2D eigenvalue weighted by Crippen LogP contribution is 2.18. The summed E-state index contributed by atoms with van der Waals surface area (Å²) in [5.74, 6) is -0.855. The average molecular weight is 423 g/mol. The number of hydrogen-bond donors (Lipinski definition) is 1. The van der Waals surface area contributed by atoms with Crippen LogP contribution < -0.4 is 15.6 Å². The third-order valence-corrected chi connectivity index (χ3v) is 4.86. The Labute approximate surface area is 179 Å². The first-order valence-corrected chi connectivity index (χ1v) is 9.90. The second-order valence-corrected chi connectivity index (χ2v) is 7.47. The van der Waals surface area contributed by atoms with Crippen LogP contribution in [-0.4, -0.2) is 34.4 Å². The quantitative estimate of drug-likeness (QED) is 0.587. The van der Waals surface area contributed by atoms with Crippen molar-refractivity contribution in [1.29, 1.82) is 0 Å². The smallest absolute Gasteiger partial charge is 0.329 e. The molecule has 2 aromatic heterocycles. The Bertz CT molecular complexity index is 1170. The number of para-hydroxylation sites is 1. The highest BCUT2D eigenvalue weighted by atomic mass is 16.5. The molecule has 31 heavy (non-hydrogen) atoms. The van der Waals surface area contributed by atoms with Crippen molar-refractivity contribution in [2.75, 3.05) is 7.11 Å². The Balaban J connectivity index is 1.74. The molecule has 2 heterocycles. The molecule has 1 aromatic carbocycles. The van der Waals surface area contributed by atoms with Gasteiger partial charge < -0.3 is 14.8 Å². The minimum atomic E-state index is -0.874. The van der Waals surface area contributed by atoms with Gasteiger partial charge in [-0.3, -0.25) is 14.0 Å². The molecule has 0 aliphatic rings. The molecular weight excluding hydrogens is 398 g/mol. The summed E-state index contributed by atoms with van der Waals surface area (Å²) in [7, 11) is 1.47. The molecule has 0 saturated heterocycles. The summed E-state index contributed by atoms with van der Waals surface area (Å²) in [5.41, 5.74) is 1.74. The standard InChI is InChI=1S/C23H25N3O5/c1-14(2)20(25-22(28)17-9-5-6-10-18(17)30-4)23(29)31-13-16-12-19(27)26-11-7-8-15(3)21(26)24-16/h5-12,14,20H,13H2,1-4H3,(H,25,28)/t20-/m0/s1. The van der Waals surface area contributed by atoms with Crippen LogP contribution in [0.4, 0.5) is 0 Å². The summed E-state index contributed by atoms with van der Waals surface area (Å²) < 4.78 is 12.0. The van der Waals surface area contributed by atoms with Crippen LogP contribution in [0.25, 0.3) is 5.65 Å². The van der Waals surface area contributed by atoms with Gasteiger partial charge in [-0.2, -0.15) is 0 Å². The lowest BCUT2D eigenvalue weighted by molar-refractivity contribution is -0.148. The second-order valence-electron chi connectivity index (χ2n) is 7.47. The summed E-state index contributed by atoms with van der Waals surface area (Å²) in [6.07, 6.45) is 1.63. The predicted octanol–water partition coefficient (Wildman–Crippen LogP) is 2.51. The van der Waals surface area contributed by atoms with E-state index in [2.05, 4.69) is 10.3 Å². The monoisotopic (exact) mass is 423 g/mol. The second kappa shape index (κ2) is 9.42. The molecule has 0 spiro atoms. The maximum atomic E-state index is 12.7. The molecule has 3 rings (SSSR count). The predicted molar refractivity (Wildman–Crippen MR) is 115 cm³/mol. The first kappa shape index (κ1) is 22.0. The molecule has 1 N–H and O–H groups in total. The molecule has 3 aromatic rings. The van der Waals surface area contributed by atoms with Gasteiger partial charge in [0.2, 0.25) is 0 Å². The summed E-state index contributed by atoms with van der Waals surface area (Å²) in [6.45, 7) is 5.28. The van der Waals surface area contributed by atoms with E-state index in [9.17, 15) is 14.4 Å². The van der Waals surface area contributed by atoms with Gasteiger partial charge in [-0.05, 0) is 36.6 Å². The summed E-state index contributed by atoms with van der Waals surface area (Å²) in [4.78, 5) is 42.1. The maximum Gasteiger partial charge on any atom is 0.329 e. The fraction of sp³-hybridized carbons (Fsp3) is 0.304. The molecular formula is C23H25N3O5. The number of nitrogens with one attached hydrogen (secondary N) is 1. The number of nitrogens with zero attached hydrogens (tertiary/aromatic N) is 2. The number of fused-ring (bicyclic) bond motifs is 1. The van der Waals surface area contributed by atoms with E-state index in [1.807, 2.05) is 13.0 Å². The van der Waals surface area contributed by atoms with Crippen molar-refractivity contribution in [2.24, 2.45) is 5.92 Å². The van der Waals surface area contributed by atoms with E-state index in [0.29, 0.717) is 22.7 Å². The zero-order chi connectivity index (χ0) is 22.5. The van der Waals surface area contributed by atoms with Gasteiger partial charge in [-0.15, -0.1) is 0 Å². The zero-order valence-corrected chi connectivity index (χ0v) is 17.9. The Hall–Kier alpha value is -3.68. The zero-order valence-electron chi connectivity index (χ0n) is 17.9. The third kappa shape index (κ3) is 4.91. The van der Waals surface area contributed by atoms with E-state index in [1.54, 1.807) is 50.4 Å². The molecule has 8 nitrogen and oxygen atoms in total. The van der Waals surface area contributed by atoms with Gasteiger partial charge in [0.05, 0.1) is 18.4 Å². The van der Waals surface area contributed by atoms with Crippen LogP contribution in [0.3, 0.4) is 0 Å². The number of ether oxygens (including phenoxy) is 2. The lowest BCUT2D eigenvalue weighted by Crippen LogP contribution is -2.45. The molecule has 162 valence electrons. The van der Waals surface area contributed by atoms with E-state index in [1.165, 1.54) is 17.6 Å². The number of carbonyl (C=O) groups is 2. The van der Waals surface area contributed by atoms with Crippen LogP contribution in [0.2, 0.25) is 0 Å². The van der Waals surface area contributed by atoms with Crippen LogP contribution in [0, 0.1) is 12.8 Å². The minimum absolute atomic E-state index is 0.174. The van der Waals surface area contributed by atoms with E-state index in [0.717, 1.165) is 5.56 Å². The number of aryl methyl sites for hydroxylation is 1.